The molecule has 8 heteroatoms. The predicted molar refractivity (Wildman–Crippen MR) is 96.9 cm³/mol. The van der Waals surface area contributed by atoms with Gasteiger partial charge in [0.15, 0.2) is 5.65 Å². The van der Waals surface area contributed by atoms with E-state index in [2.05, 4.69) is 20.4 Å². The Morgan fingerprint density at radius 3 is 2.89 bits per heavy atom. The van der Waals surface area contributed by atoms with Crippen LogP contribution in [0.4, 0.5) is 0 Å². The summed E-state index contributed by atoms with van der Waals surface area (Å²) in [5.41, 5.74) is 0.788. The van der Waals surface area contributed by atoms with Crippen molar-refractivity contribution < 1.29 is 9.59 Å². The third-order valence-corrected chi connectivity index (χ3v) is 6.61. The van der Waals surface area contributed by atoms with E-state index in [0.29, 0.717) is 30.2 Å². The van der Waals surface area contributed by atoms with Crippen LogP contribution in [-0.4, -0.2) is 67.8 Å². The summed E-state index contributed by atoms with van der Waals surface area (Å²) >= 11 is 0. The maximum atomic E-state index is 13.2. The molecule has 2 aliphatic heterocycles. The van der Waals surface area contributed by atoms with E-state index < -0.39 is 0 Å². The maximum absolute atomic E-state index is 13.2. The number of nitrogens with zero attached hydrogens (tertiary/aromatic N) is 6. The van der Waals surface area contributed by atoms with Crippen LogP contribution in [0, 0.1) is 11.3 Å². The summed E-state index contributed by atoms with van der Waals surface area (Å²) < 4.78 is 1.51. The summed E-state index contributed by atoms with van der Waals surface area (Å²) in [6.45, 7) is 2.94. The van der Waals surface area contributed by atoms with E-state index in [1.54, 1.807) is 18.3 Å². The molecule has 3 fully saturated rings. The van der Waals surface area contributed by atoms with Crippen molar-refractivity contribution in [1.82, 2.24) is 29.8 Å². The first kappa shape index (κ1) is 16.6. The number of fused-ring (bicyclic) bond motifs is 1. The van der Waals surface area contributed by atoms with Crippen LogP contribution in [-0.2, 0) is 4.79 Å². The smallest absolute Gasteiger partial charge is 0.255 e. The Balaban J connectivity index is 1.31. The van der Waals surface area contributed by atoms with Gasteiger partial charge in [-0.2, -0.15) is 4.52 Å². The second-order valence-electron chi connectivity index (χ2n) is 8.31. The molecule has 2 saturated heterocycles. The first-order chi connectivity index (χ1) is 13.1. The maximum Gasteiger partial charge on any atom is 0.255 e. The Morgan fingerprint density at radius 1 is 1.19 bits per heavy atom. The van der Waals surface area contributed by atoms with Crippen molar-refractivity contribution in [2.75, 3.05) is 26.2 Å². The van der Waals surface area contributed by atoms with Gasteiger partial charge in [-0.3, -0.25) is 9.59 Å². The molecular formula is C19H24N6O2. The number of rotatable bonds is 3. The lowest BCUT2D eigenvalue weighted by Crippen LogP contribution is -2.52. The van der Waals surface area contributed by atoms with Crippen LogP contribution in [0.3, 0.4) is 0 Å². The van der Waals surface area contributed by atoms with E-state index in [1.165, 1.54) is 23.8 Å². The Kier molecular flexibility index (Phi) is 3.87. The lowest BCUT2D eigenvalue weighted by Gasteiger charge is -2.42. The van der Waals surface area contributed by atoms with Crippen molar-refractivity contribution in [3.8, 4) is 0 Å². The zero-order valence-electron chi connectivity index (χ0n) is 15.4. The van der Waals surface area contributed by atoms with Gasteiger partial charge in [0.1, 0.15) is 0 Å². The molecule has 5 rings (SSSR count). The molecule has 0 aromatic carbocycles. The number of aromatic nitrogens is 4. The second-order valence-corrected chi connectivity index (χ2v) is 8.31. The fourth-order valence-electron chi connectivity index (χ4n) is 4.79. The molecule has 1 saturated carbocycles. The van der Waals surface area contributed by atoms with E-state index in [0.717, 1.165) is 32.4 Å². The zero-order chi connectivity index (χ0) is 18.4. The van der Waals surface area contributed by atoms with Crippen LogP contribution >= 0.6 is 0 Å². The van der Waals surface area contributed by atoms with E-state index >= 15 is 0 Å². The lowest BCUT2D eigenvalue weighted by molar-refractivity contribution is -0.146. The van der Waals surface area contributed by atoms with Gasteiger partial charge in [-0.05, 0) is 60.6 Å². The molecule has 27 heavy (non-hydrogen) atoms. The van der Waals surface area contributed by atoms with Gasteiger partial charge in [0.25, 0.3) is 5.91 Å². The number of hydrogen-bond acceptors (Lipinski definition) is 5. The number of tetrazole rings is 1. The van der Waals surface area contributed by atoms with Crippen molar-refractivity contribution in [3.05, 3.63) is 23.9 Å². The summed E-state index contributed by atoms with van der Waals surface area (Å²) in [5, 5.41) is 11.3. The van der Waals surface area contributed by atoms with E-state index in [4.69, 9.17) is 0 Å². The highest BCUT2D eigenvalue weighted by Gasteiger charge is 2.49. The highest BCUT2D eigenvalue weighted by molar-refractivity contribution is 5.95. The van der Waals surface area contributed by atoms with Gasteiger partial charge in [0.2, 0.25) is 5.91 Å². The SMILES string of the molecule is O=C(c1ccc2nnnn2c1)N1CCC2(CCCN(CC3CCC3)C2=O)C1. The van der Waals surface area contributed by atoms with E-state index in [9.17, 15) is 9.59 Å². The number of carbonyl (C=O) groups is 2. The molecule has 8 nitrogen and oxygen atoms in total. The normalized spacial score (nSPS) is 26.1. The number of likely N-dealkylation sites (tertiary alicyclic amines) is 2. The standard InChI is InChI=1S/C19H24N6O2/c26-17(15-5-6-16-20-21-22-25(16)12-15)24-10-8-19(13-24)7-2-9-23(18(19)27)11-14-3-1-4-14/h5-6,12,14H,1-4,7-11,13H2. The first-order valence-corrected chi connectivity index (χ1v) is 9.91. The minimum Gasteiger partial charge on any atom is -0.342 e. The van der Waals surface area contributed by atoms with Gasteiger partial charge >= 0.3 is 0 Å². The molecule has 3 aliphatic rings. The predicted octanol–water partition coefficient (Wildman–Crippen LogP) is 1.38. The fourth-order valence-corrected chi connectivity index (χ4v) is 4.79. The van der Waals surface area contributed by atoms with Crippen LogP contribution in [0.25, 0.3) is 5.65 Å². The van der Waals surface area contributed by atoms with Crippen molar-refractivity contribution in [3.63, 3.8) is 0 Å². The van der Waals surface area contributed by atoms with E-state index in [1.807, 2.05) is 4.90 Å². The lowest BCUT2D eigenvalue weighted by atomic mass is 9.77. The Morgan fingerprint density at radius 2 is 2.07 bits per heavy atom. The molecule has 2 aromatic heterocycles. The minimum absolute atomic E-state index is 0.0480. The van der Waals surface area contributed by atoms with Gasteiger partial charge in [0.05, 0.1) is 11.0 Å². The second kappa shape index (κ2) is 6.28. The Hall–Kier alpha value is -2.51. The summed E-state index contributed by atoms with van der Waals surface area (Å²) in [6.07, 6.45) is 8.16. The third-order valence-electron chi connectivity index (χ3n) is 6.61. The molecule has 1 atom stereocenters. The minimum atomic E-state index is -0.378. The monoisotopic (exact) mass is 368 g/mol. The number of hydrogen-bond donors (Lipinski definition) is 0. The number of piperidine rings is 1. The Labute approximate surface area is 157 Å². The summed E-state index contributed by atoms with van der Waals surface area (Å²) in [5.74, 6) is 0.909. The molecule has 2 aromatic rings. The molecule has 1 spiro atoms. The van der Waals surface area contributed by atoms with Crippen LogP contribution in [0.15, 0.2) is 18.3 Å². The highest BCUT2D eigenvalue weighted by atomic mass is 16.2. The Bertz CT molecular complexity index is 891. The van der Waals surface area contributed by atoms with Gasteiger partial charge in [-0.25, -0.2) is 0 Å². The largest absolute Gasteiger partial charge is 0.342 e. The summed E-state index contributed by atoms with van der Waals surface area (Å²) in [7, 11) is 0. The van der Waals surface area contributed by atoms with E-state index in [-0.39, 0.29) is 17.2 Å². The van der Waals surface area contributed by atoms with Crippen LogP contribution in [0.2, 0.25) is 0 Å². The van der Waals surface area contributed by atoms with Gasteiger partial charge in [-0.1, -0.05) is 6.42 Å². The quantitative estimate of drug-likeness (QED) is 0.817. The van der Waals surface area contributed by atoms with Crippen LogP contribution < -0.4 is 0 Å². The highest BCUT2D eigenvalue weighted by Crippen LogP contribution is 2.41. The molecule has 142 valence electrons. The molecule has 0 N–H and O–H groups in total. The zero-order valence-corrected chi connectivity index (χ0v) is 15.4. The van der Waals surface area contributed by atoms with Crippen LogP contribution in [0.1, 0.15) is 48.9 Å². The van der Waals surface area contributed by atoms with Crippen molar-refractivity contribution in [2.45, 2.75) is 38.5 Å². The fraction of sp³-hybridized carbons (Fsp3) is 0.632. The third kappa shape index (κ3) is 2.78. The molecule has 1 aliphatic carbocycles. The van der Waals surface area contributed by atoms with Crippen molar-refractivity contribution in [1.29, 1.82) is 0 Å². The van der Waals surface area contributed by atoms with Crippen LogP contribution in [0.5, 0.6) is 0 Å². The number of amides is 2. The topological polar surface area (TPSA) is 83.7 Å². The average molecular weight is 368 g/mol. The summed E-state index contributed by atoms with van der Waals surface area (Å²) in [4.78, 5) is 30.1. The van der Waals surface area contributed by atoms with Crippen molar-refractivity contribution in [2.24, 2.45) is 11.3 Å². The van der Waals surface area contributed by atoms with Crippen molar-refractivity contribution >= 4 is 17.5 Å². The number of carbonyl (C=O) groups excluding carboxylic acids is 2. The van der Waals surface area contributed by atoms with Gasteiger partial charge in [0, 0.05) is 32.4 Å². The average Bonchev–Trinajstić information content (AvgIpc) is 3.28. The van der Waals surface area contributed by atoms with Gasteiger partial charge < -0.3 is 9.80 Å². The molecule has 0 bridgehead atoms. The number of pyridine rings is 1. The molecule has 1 unspecified atom stereocenters. The van der Waals surface area contributed by atoms with Gasteiger partial charge in [-0.15, -0.1) is 5.10 Å². The molecule has 0 radical (unpaired) electrons. The first-order valence-electron chi connectivity index (χ1n) is 9.91. The molecule has 2 amide bonds. The summed E-state index contributed by atoms with van der Waals surface area (Å²) in [6, 6.07) is 3.50. The molecule has 4 heterocycles. The molecular weight excluding hydrogens is 344 g/mol.